The van der Waals surface area contributed by atoms with Crippen LogP contribution in [0.25, 0.3) is 4.85 Å². The van der Waals surface area contributed by atoms with E-state index in [1.165, 1.54) is 19.2 Å². The summed E-state index contributed by atoms with van der Waals surface area (Å²) in [6.45, 7) is 6.59. The number of benzene rings is 1. The summed E-state index contributed by atoms with van der Waals surface area (Å²) in [5.74, 6) is -0.483. The van der Waals surface area contributed by atoms with E-state index in [0.29, 0.717) is 0 Å². The van der Waals surface area contributed by atoms with Crippen LogP contribution in [0.4, 0.5) is 10.1 Å². The minimum Gasteiger partial charge on any atom is -0.495 e. The summed E-state index contributed by atoms with van der Waals surface area (Å²) in [4.78, 5) is 2.97. The summed E-state index contributed by atoms with van der Waals surface area (Å²) < 4.78 is 17.6. The molecule has 2 nitrogen and oxygen atoms in total. The predicted molar refractivity (Wildman–Crippen MR) is 39.2 cm³/mol. The Morgan fingerprint density at radius 3 is 2.82 bits per heavy atom. The van der Waals surface area contributed by atoms with Crippen molar-refractivity contribution in [2.45, 2.75) is 0 Å². The Labute approximate surface area is 64.0 Å². The first-order chi connectivity index (χ1) is 5.29. The van der Waals surface area contributed by atoms with Crippen molar-refractivity contribution >= 4 is 5.69 Å². The molecule has 0 N–H and O–H groups in total. The Hall–Kier alpha value is -1.56. The van der Waals surface area contributed by atoms with Gasteiger partial charge in [-0.05, 0) is 6.07 Å². The molecule has 0 fully saturated rings. The second-order valence-electron chi connectivity index (χ2n) is 1.91. The molecule has 0 radical (unpaired) electrons. The number of hydrogen-bond donors (Lipinski definition) is 0. The number of methoxy groups -OCH3 is 1. The van der Waals surface area contributed by atoms with Gasteiger partial charge in [0, 0.05) is 0 Å². The molecular weight excluding hydrogens is 145 g/mol. The summed E-state index contributed by atoms with van der Waals surface area (Å²) in [5.41, 5.74) is -0.00986. The molecule has 56 valence electrons. The lowest BCUT2D eigenvalue weighted by Gasteiger charge is -2.00. The highest BCUT2D eigenvalue weighted by Gasteiger charge is 2.06. The maximum absolute atomic E-state index is 12.9. The van der Waals surface area contributed by atoms with E-state index in [1.54, 1.807) is 6.07 Å². The Bertz CT molecular complexity index is 303. The molecule has 0 aliphatic heterocycles. The highest BCUT2D eigenvalue weighted by Crippen LogP contribution is 2.25. The van der Waals surface area contributed by atoms with E-state index in [1.807, 2.05) is 0 Å². The van der Waals surface area contributed by atoms with Crippen molar-refractivity contribution in [2.24, 2.45) is 0 Å². The predicted octanol–water partition coefficient (Wildman–Crippen LogP) is 2.39. The second kappa shape index (κ2) is 3.02. The molecule has 1 rings (SSSR count). The van der Waals surface area contributed by atoms with E-state index in [2.05, 4.69) is 9.58 Å². The molecule has 0 unspecified atom stereocenters. The first-order valence-corrected chi connectivity index (χ1v) is 2.99. The van der Waals surface area contributed by atoms with Crippen molar-refractivity contribution in [3.05, 3.63) is 35.4 Å². The number of ether oxygens (including phenoxy) is 1. The zero-order valence-corrected chi connectivity index (χ0v) is 5.97. The van der Waals surface area contributed by atoms with E-state index < -0.39 is 5.82 Å². The standard InChI is InChI=1S/C8H6FNO/c1-10-6-4-3-5-7(11-2)8(6)9/h3-5H,2H3. The van der Waals surface area contributed by atoms with Crippen LogP contribution in [0.15, 0.2) is 18.2 Å². The molecule has 0 aliphatic rings. The normalized spacial score (nSPS) is 8.82. The van der Waals surface area contributed by atoms with Gasteiger partial charge in [-0.1, -0.05) is 12.1 Å². The van der Waals surface area contributed by atoms with Gasteiger partial charge in [0.25, 0.3) is 0 Å². The molecule has 0 spiro atoms. The van der Waals surface area contributed by atoms with Crippen LogP contribution in [0.3, 0.4) is 0 Å². The van der Waals surface area contributed by atoms with Crippen molar-refractivity contribution < 1.29 is 9.13 Å². The van der Waals surface area contributed by atoms with Crippen LogP contribution < -0.4 is 4.74 Å². The van der Waals surface area contributed by atoms with Gasteiger partial charge in [0.15, 0.2) is 5.82 Å². The van der Waals surface area contributed by atoms with Gasteiger partial charge >= 0.3 is 0 Å². The number of rotatable bonds is 1. The molecule has 0 amide bonds. The summed E-state index contributed by atoms with van der Waals surface area (Å²) in [6, 6.07) is 4.46. The molecule has 11 heavy (non-hydrogen) atoms. The average molecular weight is 151 g/mol. The van der Waals surface area contributed by atoms with Crippen molar-refractivity contribution in [2.75, 3.05) is 7.11 Å². The lowest BCUT2D eigenvalue weighted by Crippen LogP contribution is -1.86. The van der Waals surface area contributed by atoms with Crippen LogP contribution in [-0.2, 0) is 0 Å². The van der Waals surface area contributed by atoms with E-state index in [0.717, 1.165) is 0 Å². The van der Waals surface area contributed by atoms with Gasteiger partial charge in [0.1, 0.15) is 5.75 Å². The summed E-state index contributed by atoms with van der Waals surface area (Å²) in [6.07, 6.45) is 0. The number of hydrogen-bond acceptors (Lipinski definition) is 1. The molecule has 1 aromatic carbocycles. The minimum absolute atomic E-state index is 0.00986. The maximum Gasteiger partial charge on any atom is 0.225 e. The van der Waals surface area contributed by atoms with Gasteiger partial charge in [-0.15, -0.1) is 0 Å². The average Bonchev–Trinajstić information content (AvgIpc) is 2.05. The topological polar surface area (TPSA) is 13.6 Å². The Balaban J connectivity index is 3.23. The van der Waals surface area contributed by atoms with Crippen molar-refractivity contribution in [1.29, 1.82) is 0 Å². The van der Waals surface area contributed by atoms with E-state index >= 15 is 0 Å². The largest absolute Gasteiger partial charge is 0.495 e. The van der Waals surface area contributed by atoms with Crippen molar-refractivity contribution in [1.82, 2.24) is 0 Å². The molecule has 0 aromatic heterocycles. The zero-order valence-electron chi connectivity index (χ0n) is 5.97. The Morgan fingerprint density at radius 1 is 1.55 bits per heavy atom. The molecule has 0 heterocycles. The highest BCUT2D eigenvalue weighted by molar-refractivity contribution is 5.50. The van der Waals surface area contributed by atoms with Gasteiger partial charge in [0.2, 0.25) is 5.69 Å². The van der Waals surface area contributed by atoms with Gasteiger partial charge in [-0.25, -0.2) is 9.24 Å². The third kappa shape index (κ3) is 1.30. The van der Waals surface area contributed by atoms with Crippen LogP contribution in [0.5, 0.6) is 5.75 Å². The van der Waals surface area contributed by atoms with Crippen LogP contribution >= 0.6 is 0 Å². The maximum atomic E-state index is 12.9. The van der Waals surface area contributed by atoms with Crippen LogP contribution in [0.2, 0.25) is 0 Å². The molecule has 0 bridgehead atoms. The summed E-state index contributed by atoms with van der Waals surface area (Å²) >= 11 is 0. The minimum atomic E-state index is -0.593. The number of nitrogens with zero attached hydrogens (tertiary/aromatic N) is 1. The molecule has 0 saturated carbocycles. The lowest BCUT2D eigenvalue weighted by atomic mass is 10.3. The third-order valence-corrected chi connectivity index (χ3v) is 1.28. The SMILES string of the molecule is [C-]#[N+]c1cccc(OC)c1F. The molecular formula is C8H6FNO. The second-order valence-corrected chi connectivity index (χ2v) is 1.91. The molecule has 3 heteroatoms. The van der Waals surface area contributed by atoms with E-state index in [9.17, 15) is 4.39 Å². The van der Waals surface area contributed by atoms with Gasteiger partial charge < -0.3 is 4.74 Å². The van der Waals surface area contributed by atoms with E-state index in [-0.39, 0.29) is 11.4 Å². The molecule has 1 aromatic rings. The fraction of sp³-hybridized carbons (Fsp3) is 0.125. The number of halogens is 1. The first kappa shape index (κ1) is 7.55. The molecule has 0 atom stereocenters. The van der Waals surface area contributed by atoms with Gasteiger partial charge in [-0.3, -0.25) is 0 Å². The van der Waals surface area contributed by atoms with Crippen LogP contribution in [0.1, 0.15) is 0 Å². The van der Waals surface area contributed by atoms with Crippen molar-refractivity contribution in [3.8, 4) is 5.75 Å². The lowest BCUT2D eigenvalue weighted by molar-refractivity contribution is 0.388. The monoisotopic (exact) mass is 151 g/mol. The first-order valence-electron chi connectivity index (χ1n) is 2.99. The fourth-order valence-corrected chi connectivity index (χ4v) is 0.743. The third-order valence-electron chi connectivity index (χ3n) is 1.28. The van der Waals surface area contributed by atoms with Crippen LogP contribution in [-0.4, -0.2) is 7.11 Å². The quantitative estimate of drug-likeness (QED) is 0.562. The highest BCUT2D eigenvalue weighted by atomic mass is 19.1. The summed E-state index contributed by atoms with van der Waals surface area (Å²) in [5, 5.41) is 0. The van der Waals surface area contributed by atoms with Gasteiger partial charge in [-0.2, -0.15) is 0 Å². The summed E-state index contributed by atoms with van der Waals surface area (Å²) in [7, 11) is 1.37. The van der Waals surface area contributed by atoms with Gasteiger partial charge in [0.05, 0.1) is 13.7 Å². The Morgan fingerprint density at radius 2 is 2.27 bits per heavy atom. The van der Waals surface area contributed by atoms with Crippen LogP contribution in [0, 0.1) is 12.4 Å². The molecule has 0 aliphatic carbocycles. The van der Waals surface area contributed by atoms with E-state index in [4.69, 9.17) is 6.57 Å². The van der Waals surface area contributed by atoms with Crippen molar-refractivity contribution in [3.63, 3.8) is 0 Å². The zero-order chi connectivity index (χ0) is 8.27. The fourth-order valence-electron chi connectivity index (χ4n) is 0.743. The molecule has 0 saturated heterocycles. The Kier molecular flexibility index (Phi) is 2.07. The smallest absolute Gasteiger partial charge is 0.225 e.